The van der Waals surface area contributed by atoms with Gasteiger partial charge in [-0.05, 0) is 84.7 Å². The van der Waals surface area contributed by atoms with Gasteiger partial charge in [0.05, 0.1) is 24.3 Å². The number of nitrogens with one attached hydrogen (secondary N) is 1. The van der Waals surface area contributed by atoms with Gasteiger partial charge < -0.3 is 14.8 Å². The Morgan fingerprint density at radius 1 is 1.07 bits per heavy atom. The molecule has 2 aromatic rings. The highest BCUT2D eigenvalue weighted by Crippen LogP contribution is 2.47. The zero-order valence-electron chi connectivity index (χ0n) is 23.8. The van der Waals surface area contributed by atoms with Gasteiger partial charge in [-0.15, -0.1) is 0 Å². The van der Waals surface area contributed by atoms with Crippen LogP contribution >= 0.6 is 0 Å². The Labute approximate surface area is 239 Å². The van der Waals surface area contributed by atoms with E-state index in [9.17, 15) is 35.9 Å². The fraction of sp³-hybridized carbons (Fsp3) is 0.467. The fourth-order valence-electron chi connectivity index (χ4n) is 5.62. The van der Waals surface area contributed by atoms with Gasteiger partial charge in [0, 0.05) is 24.7 Å². The highest BCUT2D eigenvalue weighted by Gasteiger charge is 2.44. The largest absolute Gasteiger partial charge is 0.496 e. The van der Waals surface area contributed by atoms with Gasteiger partial charge >= 0.3 is 18.4 Å². The number of allylic oxidation sites excluding steroid dienone is 1. The van der Waals surface area contributed by atoms with E-state index in [1.54, 1.807) is 18.2 Å². The summed E-state index contributed by atoms with van der Waals surface area (Å²) in [6, 6.07) is 5.58. The second-order valence-electron chi connectivity index (χ2n) is 11.5. The summed E-state index contributed by atoms with van der Waals surface area (Å²) in [7, 11) is 1.51. The standard InChI is InChI=1S/C30H32F6N2O4/c1-16-26(18-10-20(29(31,32)33)12-21(11-18)30(34,35)36)42-27(40)38(16)15-19-14-28(3,4)9-8-23(19)24-13-22(37-17(2)39)6-7-25(24)41-5/h6-7,10-13,16,26H,8-9,14-15H2,1-5H3,(H,37,39)/t16-,26-/m0/s1. The minimum atomic E-state index is -5.03. The van der Waals surface area contributed by atoms with Crippen molar-refractivity contribution >= 4 is 23.3 Å². The van der Waals surface area contributed by atoms with E-state index in [-0.39, 0.29) is 29.5 Å². The molecule has 2 atom stereocenters. The summed E-state index contributed by atoms with van der Waals surface area (Å²) in [4.78, 5) is 26.1. The number of carbonyl (C=O) groups excluding carboxylic acids is 2. The quantitative estimate of drug-likeness (QED) is 0.340. The molecule has 0 spiro atoms. The first-order valence-corrected chi connectivity index (χ1v) is 13.3. The van der Waals surface area contributed by atoms with E-state index in [0.717, 1.165) is 23.1 Å². The molecule has 4 rings (SSSR count). The van der Waals surface area contributed by atoms with Crippen LogP contribution in [-0.4, -0.2) is 36.6 Å². The summed E-state index contributed by atoms with van der Waals surface area (Å²) in [5.74, 6) is 0.294. The van der Waals surface area contributed by atoms with Crippen molar-refractivity contribution in [1.29, 1.82) is 0 Å². The van der Waals surface area contributed by atoms with Gasteiger partial charge in [-0.2, -0.15) is 26.3 Å². The van der Waals surface area contributed by atoms with Crippen LogP contribution < -0.4 is 10.1 Å². The van der Waals surface area contributed by atoms with Gasteiger partial charge in [-0.3, -0.25) is 9.69 Å². The normalized spacial score (nSPS) is 20.9. The van der Waals surface area contributed by atoms with Gasteiger partial charge in [0.15, 0.2) is 0 Å². The van der Waals surface area contributed by atoms with Crippen LogP contribution in [0, 0.1) is 5.41 Å². The topological polar surface area (TPSA) is 67.9 Å². The first kappa shape index (κ1) is 31.2. The molecule has 1 saturated heterocycles. The molecular formula is C30H32F6N2O4. The Morgan fingerprint density at radius 3 is 2.24 bits per heavy atom. The number of ether oxygens (including phenoxy) is 2. The molecule has 0 aromatic heterocycles. The lowest BCUT2D eigenvalue weighted by molar-refractivity contribution is -0.143. The number of benzene rings is 2. The molecule has 12 heteroatoms. The highest BCUT2D eigenvalue weighted by atomic mass is 19.4. The molecule has 228 valence electrons. The summed E-state index contributed by atoms with van der Waals surface area (Å²) < 4.78 is 92.0. The molecule has 1 N–H and O–H groups in total. The Hall–Kier alpha value is -3.70. The first-order valence-electron chi connectivity index (χ1n) is 13.3. The Kier molecular flexibility index (Phi) is 8.32. The van der Waals surface area contributed by atoms with Crippen LogP contribution in [0.15, 0.2) is 42.0 Å². The number of amides is 2. The van der Waals surface area contributed by atoms with Crippen LogP contribution in [0.2, 0.25) is 0 Å². The van der Waals surface area contributed by atoms with E-state index in [2.05, 4.69) is 19.2 Å². The summed E-state index contributed by atoms with van der Waals surface area (Å²) in [5.41, 5.74) is -0.459. The SMILES string of the molecule is COc1ccc(NC(C)=O)cc1C1=C(CN2C(=O)O[C@H](c3cc(C(F)(F)F)cc(C(F)(F)F)c3)[C@@H]2C)CC(C)(C)CC1. The molecular weight excluding hydrogens is 566 g/mol. The number of rotatable bonds is 6. The van der Waals surface area contributed by atoms with Crippen LogP contribution in [0.5, 0.6) is 5.75 Å². The molecule has 42 heavy (non-hydrogen) atoms. The average Bonchev–Trinajstić information content (AvgIpc) is 3.15. The molecule has 0 bridgehead atoms. The van der Waals surface area contributed by atoms with Crippen LogP contribution in [0.1, 0.15) is 75.3 Å². The van der Waals surface area contributed by atoms with Crippen LogP contribution in [0.25, 0.3) is 5.57 Å². The van der Waals surface area contributed by atoms with E-state index < -0.39 is 41.7 Å². The van der Waals surface area contributed by atoms with Crippen LogP contribution in [-0.2, 0) is 21.9 Å². The third kappa shape index (κ3) is 6.68. The van der Waals surface area contributed by atoms with Crippen molar-refractivity contribution in [3.63, 3.8) is 0 Å². The lowest BCUT2D eigenvalue weighted by Crippen LogP contribution is -2.35. The summed E-state index contributed by atoms with van der Waals surface area (Å²) in [6.45, 7) is 7.12. The van der Waals surface area contributed by atoms with Crippen molar-refractivity contribution in [2.24, 2.45) is 5.41 Å². The number of carbonyl (C=O) groups is 2. The maximum Gasteiger partial charge on any atom is 0.416 e. The Morgan fingerprint density at radius 2 is 1.69 bits per heavy atom. The molecule has 1 fully saturated rings. The summed E-state index contributed by atoms with van der Waals surface area (Å²) >= 11 is 0. The summed E-state index contributed by atoms with van der Waals surface area (Å²) in [5, 5.41) is 2.75. The predicted molar refractivity (Wildman–Crippen MR) is 144 cm³/mol. The van der Waals surface area contributed by atoms with E-state index in [1.165, 1.54) is 25.9 Å². The van der Waals surface area contributed by atoms with Gasteiger partial charge in [0.1, 0.15) is 11.9 Å². The van der Waals surface area contributed by atoms with Crippen molar-refractivity contribution in [3.8, 4) is 5.75 Å². The Bertz CT molecular complexity index is 1380. The number of cyclic esters (lactones) is 1. The fourth-order valence-corrected chi connectivity index (χ4v) is 5.62. The van der Waals surface area contributed by atoms with E-state index in [1.807, 2.05) is 0 Å². The number of halogens is 6. The minimum Gasteiger partial charge on any atom is -0.496 e. The van der Waals surface area contributed by atoms with E-state index in [0.29, 0.717) is 36.4 Å². The molecule has 2 amide bonds. The first-order chi connectivity index (χ1) is 19.4. The third-order valence-electron chi connectivity index (χ3n) is 7.71. The second kappa shape index (κ2) is 11.2. The van der Waals surface area contributed by atoms with Crippen LogP contribution in [0.4, 0.5) is 36.8 Å². The predicted octanol–water partition coefficient (Wildman–Crippen LogP) is 8.24. The zero-order chi connectivity index (χ0) is 31.2. The van der Waals surface area contributed by atoms with Crippen LogP contribution in [0.3, 0.4) is 0 Å². The number of hydrogen-bond acceptors (Lipinski definition) is 4. The molecule has 0 radical (unpaired) electrons. The summed E-state index contributed by atoms with van der Waals surface area (Å²) in [6.07, 6.45) is -10.2. The maximum absolute atomic E-state index is 13.5. The van der Waals surface area contributed by atoms with Gasteiger partial charge in [0.25, 0.3) is 0 Å². The van der Waals surface area contributed by atoms with Gasteiger partial charge in [-0.1, -0.05) is 13.8 Å². The maximum atomic E-state index is 13.5. The zero-order valence-corrected chi connectivity index (χ0v) is 23.8. The lowest BCUT2D eigenvalue weighted by atomic mass is 9.72. The lowest BCUT2D eigenvalue weighted by Gasteiger charge is -2.36. The minimum absolute atomic E-state index is 0.0480. The van der Waals surface area contributed by atoms with Crippen molar-refractivity contribution in [1.82, 2.24) is 4.90 Å². The number of alkyl halides is 6. The molecule has 1 aliphatic carbocycles. The van der Waals surface area contributed by atoms with Crippen molar-refractivity contribution < 1.29 is 45.4 Å². The smallest absolute Gasteiger partial charge is 0.416 e. The monoisotopic (exact) mass is 598 g/mol. The molecule has 1 aliphatic heterocycles. The third-order valence-corrected chi connectivity index (χ3v) is 7.71. The Balaban J connectivity index is 1.74. The van der Waals surface area contributed by atoms with Crippen molar-refractivity contribution in [2.45, 2.75) is 71.5 Å². The van der Waals surface area contributed by atoms with E-state index in [4.69, 9.17) is 9.47 Å². The number of hydrogen-bond donors (Lipinski definition) is 1. The molecule has 0 saturated carbocycles. The highest BCUT2D eigenvalue weighted by molar-refractivity contribution is 5.90. The van der Waals surface area contributed by atoms with Gasteiger partial charge in [-0.25, -0.2) is 4.79 Å². The van der Waals surface area contributed by atoms with Gasteiger partial charge in [0.2, 0.25) is 5.91 Å². The van der Waals surface area contributed by atoms with E-state index >= 15 is 0 Å². The van der Waals surface area contributed by atoms with Crippen molar-refractivity contribution in [3.05, 3.63) is 64.2 Å². The molecule has 2 aromatic carbocycles. The van der Waals surface area contributed by atoms with Crippen molar-refractivity contribution in [2.75, 3.05) is 19.0 Å². The number of methoxy groups -OCH3 is 1. The average molecular weight is 599 g/mol. The molecule has 2 aliphatic rings. The molecule has 0 unspecified atom stereocenters. The second-order valence-corrected chi connectivity index (χ2v) is 11.5. The number of nitrogens with zero attached hydrogens (tertiary/aromatic N) is 1. The molecule has 6 nitrogen and oxygen atoms in total. The molecule has 1 heterocycles. The number of anilines is 1.